The maximum absolute atomic E-state index is 4.33. The van der Waals surface area contributed by atoms with Gasteiger partial charge < -0.3 is 10.6 Å². The standard InChI is InChI=1S/C20H34N4/c1-20(2,3)23-19(21-4)22-15-17-11-7-8-12-18(17)16-24-13-9-5-6-10-14-24/h7-8,11-12H,5-6,9-10,13-16H2,1-4H3,(H2,21,22,23). The van der Waals surface area contributed by atoms with Crippen LogP contribution >= 0.6 is 0 Å². The highest BCUT2D eigenvalue weighted by molar-refractivity contribution is 5.80. The summed E-state index contributed by atoms with van der Waals surface area (Å²) in [6.45, 7) is 10.8. The van der Waals surface area contributed by atoms with Crippen LogP contribution in [0.3, 0.4) is 0 Å². The number of guanidine groups is 1. The number of likely N-dealkylation sites (tertiary alicyclic amines) is 1. The van der Waals surface area contributed by atoms with E-state index in [1.54, 1.807) is 0 Å². The molecule has 0 saturated carbocycles. The summed E-state index contributed by atoms with van der Waals surface area (Å²) in [5.74, 6) is 0.854. The summed E-state index contributed by atoms with van der Waals surface area (Å²) < 4.78 is 0. The van der Waals surface area contributed by atoms with E-state index in [0.717, 1.165) is 19.0 Å². The molecule has 0 aliphatic carbocycles. The van der Waals surface area contributed by atoms with Crippen molar-refractivity contribution in [3.8, 4) is 0 Å². The van der Waals surface area contributed by atoms with Gasteiger partial charge in [-0.15, -0.1) is 0 Å². The Labute approximate surface area is 147 Å². The molecule has 1 heterocycles. The van der Waals surface area contributed by atoms with Gasteiger partial charge >= 0.3 is 0 Å². The van der Waals surface area contributed by atoms with E-state index in [1.807, 2.05) is 7.05 Å². The van der Waals surface area contributed by atoms with Crippen LogP contribution < -0.4 is 10.6 Å². The SMILES string of the molecule is CN=C(NCc1ccccc1CN1CCCCCC1)NC(C)(C)C. The molecule has 24 heavy (non-hydrogen) atoms. The molecule has 2 N–H and O–H groups in total. The lowest BCUT2D eigenvalue weighted by Crippen LogP contribution is -2.47. The highest BCUT2D eigenvalue weighted by atomic mass is 15.2. The van der Waals surface area contributed by atoms with Crippen LogP contribution in [-0.4, -0.2) is 36.5 Å². The Morgan fingerprint density at radius 3 is 2.25 bits per heavy atom. The number of rotatable bonds is 4. The van der Waals surface area contributed by atoms with Crippen molar-refractivity contribution in [3.05, 3.63) is 35.4 Å². The third-order valence-corrected chi connectivity index (χ3v) is 4.37. The van der Waals surface area contributed by atoms with Gasteiger partial charge in [0.15, 0.2) is 5.96 Å². The van der Waals surface area contributed by atoms with Crippen LogP contribution in [0.4, 0.5) is 0 Å². The topological polar surface area (TPSA) is 39.7 Å². The van der Waals surface area contributed by atoms with E-state index in [0.29, 0.717) is 0 Å². The molecule has 0 atom stereocenters. The average Bonchev–Trinajstić information content (AvgIpc) is 2.80. The summed E-state index contributed by atoms with van der Waals surface area (Å²) in [6.07, 6.45) is 5.44. The van der Waals surface area contributed by atoms with Gasteiger partial charge in [-0.1, -0.05) is 37.1 Å². The molecule has 0 bridgehead atoms. The minimum absolute atomic E-state index is 0.00735. The van der Waals surface area contributed by atoms with Crippen LogP contribution in [0, 0.1) is 0 Å². The number of benzene rings is 1. The second-order valence-corrected chi connectivity index (χ2v) is 7.76. The van der Waals surface area contributed by atoms with E-state index in [4.69, 9.17) is 0 Å². The van der Waals surface area contributed by atoms with Crippen LogP contribution in [0.5, 0.6) is 0 Å². The molecule has 0 radical (unpaired) electrons. The first-order valence-corrected chi connectivity index (χ1v) is 9.26. The van der Waals surface area contributed by atoms with Crippen molar-refractivity contribution in [3.63, 3.8) is 0 Å². The number of hydrogen-bond acceptors (Lipinski definition) is 2. The third-order valence-electron chi connectivity index (χ3n) is 4.37. The average molecular weight is 331 g/mol. The predicted molar refractivity (Wildman–Crippen MR) is 103 cm³/mol. The minimum atomic E-state index is 0.00735. The fourth-order valence-corrected chi connectivity index (χ4v) is 3.13. The molecule has 1 saturated heterocycles. The third kappa shape index (κ3) is 6.52. The second-order valence-electron chi connectivity index (χ2n) is 7.76. The fourth-order valence-electron chi connectivity index (χ4n) is 3.13. The normalized spacial score (nSPS) is 17.4. The zero-order valence-electron chi connectivity index (χ0n) is 15.9. The monoisotopic (exact) mass is 330 g/mol. The molecule has 4 heteroatoms. The lowest BCUT2D eigenvalue weighted by Gasteiger charge is -2.25. The van der Waals surface area contributed by atoms with Gasteiger partial charge in [0.25, 0.3) is 0 Å². The molecular weight excluding hydrogens is 296 g/mol. The van der Waals surface area contributed by atoms with E-state index < -0.39 is 0 Å². The summed E-state index contributed by atoms with van der Waals surface area (Å²) in [4.78, 5) is 6.94. The van der Waals surface area contributed by atoms with Crippen molar-refractivity contribution in [2.45, 2.75) is 65.1 Å². The Hall–Kier alpha value is -1.55. The molecule has 0 amide bonds. The molecule has 0 unspecified atom stereocenters. The van der Waals surface area contributed by atoms with E-state index in [9.17, 15) is 0 Å². The molecule has 0 aromatic heterocycles. The molecule has 1 aromatic rings. The summed E-state index contributed by atoms with van der Waals surface area (Å²) in [7, 11) is 1.82. The minimum Gasteiger partial charge on any atom is -0.352 e. The largest absolute Gasteiger partial charge is 0.352 e. The van der Waals surface area contributed by atoms with E-state index >= 15 is 0 Å². The van der Waals surface area contributed by atoms with Crippen LogP contribution in [0.15, 0.2) is 29.3 Å². The maximum atomic E-state index is 4.33. The molecular formula is C20H34N4. The van der Waals surface area contributed by atoms with Gasteiger partial charge in [-0.25, -0.2) is 0 Å². The Morgan fingerprint density at radius 1 is 1.04 bits per heavy atom. The summed E-state index contributed by atoms with van der Waals surface area (Å²) >= 11 is 0. The molecule has 1 aromatic carbocycles. The number of hydrogen-bond donors (Lipinski definition) is 2. The summed E-state index contributed by atoms with van der Waals surface area (Å²) in [5, 5.41) is 6.87. The van der Waals surface area contributed by atoms with Gasteiger partial charge in [-0.3, -0.25) is 9.89 Å². The molecule has 2 rings (SSSR count). The number of aliphatic imine (C=N–C) groups is 1. The van der Waals surface area contributed by atoms with Crippen LogP contribution in [0.25, 0.3) is 0 Å². The lowest BCUT2D eigenvalue weighted by atomic mass is 10.1. The quantitative estimate of drug-likeness (QED) is 0.655. The second kappa shape index (κ2) is 9.07. The molecule has 0 spiro atoms. The molecule has 1 aliphatic heterocycles. The van der Waals surface area contributed by atoms with Crippen molar-refractivity contribution < 1.29 is 0 Å². The van der Waals surface area contributed by atoms with Gasteiger partial charge in [-0.05, 0) is 57.8 Å². The zero-order chi connectivity index (χ0) is 17.4. The maximum Gasteiger partial charge on any atom is 0.191 e. The zero-order valence-corrected chi connectivity index (χ0v) is 15.9. The first-order valence-electron chi connectivity index (χ1n) is 9.26. The fraction of sp³-hybridized carbons (Fsp3) is 0.650. The van der Waals surface area contributed by atoms with Crippen LogP contribution in [0.1, 0.15) is 57.6 Å². The first-order chi connectivity index (χ1) is 11.5. The van der Waals surface area contributed by atoms with E-state index in [-0.39, 0.29) is 5.54 Å². The Balaban J connectivity index is 1.97. The Kier molecular flexibility index (Phi) is 7.10. The summed E-state index contributed by atoms with van der Waals surface area (Å²) in [6, 6.07) is 8.77. The number of nitrogens with one attached hydrogen (secondary N) is 2. The lowest BCUT2D eigenvalue weighted by molar-refractivity contribution is 0.276. The van der Waals surface area contributed by atoms with Crippen molar-refractivity contribution in [1.29, 1.82) is 0 Å². The molecule has 1 fully saturated rings. The van der Waals surface area contributed by atoms with Gasteiger partial charge in [0.05, 0.1) is 0 Å². The highest BCUT2D eigenvalue weighted by Gasteiger charge is 2.14. The first kappa shape index (κ1) is 18.8. The van der Waals surface area contributed by atoms with Crippen molar-refractivity contribution in [2.75, 3.05) is 20.1 Å². The number of nitrogens with zero attached hydrogens (tertiary/aromatic N) is 2. The van der Waals surface area contributed by atoms with Crippen LogP contribution in [-0.2, 0) is 13.1 Å². The molecule has 134 valence electrons. The van der Waals surface area contributed by atoms with Gasteiger partial charge in [0.2, 0.25) is 0 Å². The Morgan fingerprint density at radius 2 is 1.67 bits per heavy atom. The highest BCUT2D eigenvalue weighted by Crippen LogP contribution is 2.16. The van der Waals surface area contributed by atoms with Gasteiger partial charge in [0.1, 0.15) is 0 Å². The van der Waals surface area contributed by atoms with Crippen molar-refractivity contribution in [2.24, 2.45) is 4.99 Å². The smallest absolute Gasteiger partial charge is 0.191 e. The van der Waals surface area contributed by atoms with E-state index in [1.165, 1.54) is 49.9 Å². The van der Waals surface area contributed by atoms with Gasteiger partial charge in [-0.2, -0.15) is 0 Å². The van der Waals surface area contributed by atoms with Gasteiger partial charge in [0, 0.05) is 25.7 Å². The van der Waals surface area contributed by atoms with Crippen molar-refractivity contribution in [1.82, 2.24) is 15.5 Å². The molecule has 4 nitrogen and oxygen atoms in total. The summed E-state index contributed by atoms with van der Waals surface area (Å²) in [5.41, 5.74) is 2.80. The predicted octanol–water partition coefficient (Wildman–Crippen LogP) is 3.53. The van der Waals surface area contributed by atoms with Crippen LogP contribution in [0.2, 0.25) is 0 Å². The van der Waals surface area contributed by atoms with E-state index in [2.05, 4.69) is 65.6 Å². The molecule has 1 aliphatic rings. The Bertz CT molecular complexity index is 523. The van der Waals surface area contributed by atoms with Crippen molar-refractivity contribution >= 4 is 5.96 Å².